The summed E-state index contributed by atoms with van der Waals surface area (Å²) in [6.45, 7) is 4.93. The molecule has 0 spiro atoms. The third-order valence-corrected chi connectivity index (χ3v) is 11.5. The number of anilines is 1. The topological polar surface area (TPSA) is 116 Å². The molecule has 0 heterocycles. The van der Waals surface area contributed by atoms with Gasteiger partial charge in [0.1, 0.15) is 22.5 Å². The van der Waals surface area contributed by atoms with Crippen LogP contribution in [0.3, 0.4) is 0 Å². The number of benzene rings is 5. The molecule has 53 heavy (non-hydrogen) atoms. The number of ether oxygens (including phenoxy) is 1. The van der Waals surface area contributed by atoms with Gasteiger partial charge in [-0.2, -0.15) is 8.42 Å². The average Bonchev–Trinajstić information content (AvgIpc) is 3.17. The van der Waals surface area contributed by atoms with E-state index in [1.807, 2.05) is 48.5 Å². The Morgan fingerprint density at radius 3 is 2.19 bits per heavy atom. The van der Waals surface area contributed by atoms with E-state index in [4.69, 9.17) is 14.7 Å². The molecule has 0 saturated heterocycles. The Morgan fingerprint density at radius 2 is 1.43 bits per heavy atom. The Labute approximate surface area is 318 Å². The predicted octanol–water partition coefficient (Wildman–Crippen LogP) is 11.0. The van der Waals surface area contributed by atoms with Crippen molar-refractivity contribution in [2.45, 2.75) is 92.4 Å². The van der Waals surface area contributed by atoms with Gasteiger partial charge in [0.25, 0.3) is 0 Å². The van der Waals surface area contributed by atoms with Crippen LogP contribution >= 0.6 is 11.8 Å². The Kier molecular flexibility index (Phi) is 14.6. The Hall–Kier alpha value is -4.57. The fourth-order valence-electron chi connectivity index (χ4n) is 6.03. The fraction of sp³-hybridized carbons (Fsp3) is 0.295. The quantitative estimate of drug-likeness (QED) is 0.0349. The number of nitrogens with two attached hydrogens (primary N) is 1. The zero-order valence-electron chi connectivity index (χ0n) is 30.5. The molecule has 0 saturated carbocycles. The maximum Gasteiger partial charge on any atom is 0.340 e. The lowest BCUT2D eigenvalue weighted by Crippen LogP contribution is -2.11. The van der Waals surface area contributed by atoms with Crippen LogP contribution in [0.25, 0.3) is 11.1 Å². The van der Waals surface area contributed by atoms with Crippen molar-refractivity contribution in [3.63, 3.8) is 0 Å². The van der Waals surface area contributed by atoms with Crippen molar-refractivity contribution in [3.05, 3.63) is 132 Å². The van der Waals surface area contributed by atoms with Crippen LogP contribution in [0.15, 0.2) is 130 Å². The number of hydrogen-bond donors (Lipinski definition) is 2. The highest BCUT2D eigenvalue weighted by Gasteiger charge is 2.25. The molecule has 278 valence electrons. The SMILES string of the molecule is CCCCCCCCC(=O)c1ccc(N)c(C(O)c2ccccc2-c2ccc(Sc3ccc(OCCCC)cc3)c(S(=O)(=O)Oc3ccccc3)c2)c1. The predicted molar refractivity (Wildman–Crippen MR) is 214 cm³/mol. The lowest BCUT2D eigenvalue weighted by Gasteiger charge is -2.20. The maximum atomic E-state index is 14.0. The van der Waals surface area contributed by atoms with Gasteiger partial charge in [-0.3, -0.25) is 4.79 Å². The molecular weight excluding hydrogens is 703 g/mol. The summed E-state index contributed by atoms with van der Waals surface area (Å²) in [5.41, 5.74) is 9.37. The van der Waals surface area contributed by atoms with E-state index in [0.29, 0.717) is 51.4 Å². The van der Waals surface area contributed by atoms with E-state index in [2.05, 4.69) is 13.8 Å². The van der Waals surface area contributed by atoms with Gasteiger partial charge >= 0.3 is 10.1 Å². The van der Waals surface area contributed by atoms with E-state index in [1.165, 1.54) is 31.0 Å². The Morgan fingerprint density at radius 1 is 0.736 bits per heavy atom. The molecule has 0 bridgehead atoms. The fourth-order valence-corrected chi connectivity index (χ4v) is 8.32. The van der Waals surface area contributed by atoms with Crippen LogP contribution in [0, 0.1) is 0 Å². The molecule has 5 rings (SSSR count). The summed E-state index contributed by atoms with van der Waals surface area (Å²) in [6.07, 6.45) is 7.77. The molecule has 5 aromatic carbocycles. The lowest BCUT2D eigenvalue weighted by molar-refractivity contribution is 0.0979. The third kappa shape index (κ3) is 11.0. The van der Waals surface area contributed by atoms with Crippen LogP contribution in [-0.2, 0) is 10.1 Å². The van der Waals surface area contributed by atoms with Crippen LogP contribution < -0.4 is 14.7 Å². The minimum Gasteiger partial charge on any atom is -0.494 e. The van der Waals surface area contributed by atoms with E-state index < -0.39 is 16.2 Å². The number of unbranched alkanes of at least 4 members (excludes halogenated alkanes) is 6. The van der Waals surface area contributed by atoms with Crippen LogP contribution in [0.4, 0.5) is 5.69 Å². The van der Waals surface area contributed by atoms with Gasteiger partial charge in [0.05, 0.1) is 6.61 Å². The summed E-state index contributed by atoms with van der Waals surface area (Å²) >= 11 is 1.30. The first-order chi connectivity index (χ1) is 25.7. The van der Waals surface area contributed by atoms with Crippen LogP contribution in [0.1, 0.15) is 99.2 Å². The van der Waals surface area contributed by atoms with Gasteiger partial charge in [0.2, 0.25) is 0 Å². The summed E-state index contributed by atoms with van der Waals surface area (Å²) in [4.78, 5) is 14.4. The zero-order valence-corrected chi connectivity index (χ0v) is 32.1. The first-order valence-corrected chi connectivity index (χ1v) is 20.7. The highest BCUT2D eigenvalue weighted by Crippen LogP contribution is 2.40. The van der Waals surface area contributed by atoms with E-state index in [0.717, 1.165) is 42.7 Å². The number of ketones is 1. The van der Waals surface area contributed by atoms with Crippen LogP contribution in [-0.4, -0.2) is 25.9 Å². The normalized spacial score (nSPS) is 12.0. The summed E-state index contributed by atoms with van der Waals surface area (Å²) in [5, 5.41) is 11.8. The van der Waals surface area contributed by atoms with Gasteiger partial charge in [-0.1, -0.05) is 113 Å². The van der Waals surface area contributed by atoms with E-state index >= 15 is 0 Å². The van der Waals surface area contributed by atoms with Crippen molar-refractivity contribution < 1.29 is 27.2 Å². The number of Topliss-reactive ketones (excluding diaryl/α,β-unsaturated/α-hetero) is 1. The molecule has 0 fully saturated rings. The standard InChI is InChI=1S/C44H49NO6S2/c1-3-5-7-8-9-13-20-41(46)33-21-27-40(45)39(30-33)44(47)38-19-15-14-18-37(38)32-22-28-42(52-36-25-23-34(24-26-36)50-29-6-4-2)43(31-32)53(48,49)51-35-16-11-10-12-17-35/h10-12,14-19,21-28,30-31,44,47H,3-9,13,20,29,45H2,1-2H3. The molecule has 7 nitrogen and oxygen atoms in total. The Bertz CT molecular complexity index is 2050. The summed E-state index contributed by atoms with van der Waals surface area (Å²) in [6, 6.07) is 33.4. The van der Waals surface area contributed by atoms with Crippen LogP contribution in [0.2, 0.25) is 0 Å². The van der Waals surface area contributed by atoms with Gasteiger partial charge in [-0.05, 0) is 96.3 Å². The summed E-state index contributed by atoms with van der Waals surface area (Å²) in [7, 11) is -4.30. The number of aliphatic hydroxyl groups is 1. The molecule has 3 N–H and O–H groups in total. The second-order valence-electron chi connectivity index (χ2n) is 13.1. The molecule has 9 heteroatoms. The molecule has 0 aliphatic carbocycles. The van der Waals surface area contributed by atoms with Crippen molar-refractivity contribution in [2.24, 2.45) is 0 Å². The molecule has 0 radical (unpaired) electrons. The Balaban J connectivity index is 1.46. The van der Waals surface area contributed by atoms with Crippen molar-refractivity contribution in [1.29, 1.82) is 0 Å². The molecule has 1 atom stereocenters. The average molecular weight is 752 g/mol. The van der Waals surface area contributed by atoms with Gasteiger partial charge in [-0.15, -0.1) is 0 Å². The number of para-hydroxylation sites is 1. The second kappa shape index (κ2) is 19.5. The highest BCUT2D eigenvalue weighted by molar-refractivity contribution is 8.00. The summed E-state index contributed by atoms with van der Waals surface area (Å²) < 4.78 is 39.4. The third-order valence-electron chi connectivity index (χ3n) is 9.01. The van der Waals surface area contributed by atoms with E-state index in [9.17, 15) is 18.3 Å². The molecule has 0 aromatic heterocycles. The monoisotopic (exact) mass is 751 g/mol. The van der Waals surface area contributed by atoms with Crippen molar-refractivity contribution >= 4 is 33.4 Å². The molecule has 5 aromatic rings. The largest absolute Gasteiger partial charge is 0.494 e. The molecule has 0 amide bonds. The molecular formula is C44H49NO6S2. The molecule has 0 aliphatic rings. The van der Waals surface area contributed by atoms with Gasteiger partial charge in [0.15, 0.2) is 5.78 Å². The van der Waals surface area contributed by atoms with Crippen molar-refractivity contribution in [3.8, 4) is 22.6 Å². The number of carbonyl (C=O) groups excluding carboxylic acids is 1. The van der Waals surface area contributed by atoms with E-state index in [-0.39, 0.29) is 16.4 Å². The van der Waals surface area contributed by atoms with E-state index in [1.54, 1.807) is 66.7 Å². The van der Waals surface area contributed by atoms with Crippen molar-refractivity contribution in [1.82, 2.24) is 0 Å². The maximum absolute atomic E-state index is 14.0. The smallest absolute Gasteiger partial charge is 0.340 e. The highest BCUT2D eigenvalue weighted by atomic mass is 32.2. The molecule has 0 aliphatic heterocycles. The number of rotatable bonds is 20. The zero-order chi connectivity index (χ0) is 37.6. The lowest BCUT2D eigenvalue weighted by atomic mass is 9.90. The first-order valence-electron chi connectivity index (χ1n) is 18.4. The number of aliphatic hydroxyl groups excluding tert-OH is 1. The number of carbonyl (C=O) groups is 1. The van der Waals surface area contributed by atoms with Gasteiger partial charge < -0.3 is 19.8 Å². The van der Waals surface area contributed by atoms with Crippen LogP contribution in [0.5, 0.6) is 11.5 Å². The number of hydrogen-bond acceptors (Lipinski definition) is 8. The first kappa shape index (κ1) is 39.6. The summed E-state index contributed by atoms with van der Waals surface area (Å²) in [5.74, 6) is 0.962. The minimum absolute atomic E-state index is 0.0155. The minimum atomic E-state index is -4.30. The van der Waals surface area contributed by atoms with Gasteiger partial charge in [0, 0.05) is 33.0 Å². The molecule has 1 unspecified atom stereocenters. The number of nitrogen functional groups attached to an aromatic ring is 1. The second-order valence-corrected chi connectivity index (χ2v) is 15.7. The van der Waals surface area contributed by atoms with Crippen molar-refractivity contribution in [2.75, 3.05) is 12.3 Å². The van der Waals surface area contributed by atoms with Gasteiger partial charge in [-0.25, -0.2) is 0 Å².